The van der Waals surface area contributed by atoms with E-state index in [0.717, 1.165) is 7.48 Å². The van der Waals surface area contributed by atoms with E-state index in [2.05, 4.69) is 0 Å². The van der Waals surface area contributed by atoms with Crippen LogP contribution in [0.15, 0.2) is 30.3 Å². The van der Waals surface area contributed by atoms with E-state index in [0.29, 0.717) is 22.5 Å². The summed E-state index contributed by atoms with van der Waals surface area (Å²) < 4.78 is 5.60. The summed E-state index contributed by atoms with van der Waals surface area (Å²) in [5.41, 5.74) is 1.20. The van der Waals surface area contributed by atoms with Crippen molar-refractivity contribution in [3.8, 4) is 17.6 Å². The van der Waals surface area contributed by atoms with E-state index in [1.54, 1.807) is 18.2 Å². The molecule has 7 heteroatoms. The van der Waals surface area contributed by atoms with E-state index in [1.807, 2.05) is 6.07 Å². The van der Waals surface area contributed by atoms with Crippen LogP contribution in [0.4, 0.5) is 0 Å². The first kappa shape index (κ1) is 15.7. The SMILES string of the molecule is N#Cc1c(Cl)cc(Oc2ccc([B]O)c(CO)c2)cc1Cl. The first-order valence-electron chi connectivity index (χ1n) is 5.87. The summed E-state index contributed by atoms with van der Waals surface area (Å²) in [6, 6.07) is 9.69. The molecule has 21 heavy (non-hydrogen) atoms. The number of hydrogen-bond acceptors (Lipinski definition) is 4. The molecular weight excluding hydrogens is 312 g/mol. The molecule has 0 aliphatic rings. The summed E-state index contributed by atoms with van der Waals surface area (Å²) in [5.74, 6) is 0.815. The van der Waals surface area contributed by atoms with E-state index in [4.69, 9.17) is 38.2 Å². The van der Waals surface area contributed by atoms with Crippen molar-refractivity contribution in [2.45, 2.75) is 6.61 Å². The third-order valence-corrected chi connectivity index (χ3v) is 3.38. The van der Waals surface area contributed by atoms with Crippen molar-refractivity contribution in [1.29, 1.82) is 5.26 Å². The normalized spacial score (nSPS) is 10.0. The molecule has 0 saturated heterocycles. The molecule has 0 bridgehead atoms. The Bertz CT molecular complexity index is 693. The van der Waals surface area contributed by atoms with E-state index >= 15 is 0 Å². The van der Waals surface area contributed by atoms with Crippen molar-refractivity contribution < 1.29 is 14.9 Å². The number of nitriles is 1. The second-order valence-electron chi connectivity index (χ2n) is 4.12. The molecular formula is C14H9BCl2NO3. The Morgan fingerprint density at radius 2 is 1.81 bits per heavy atom. The van der Waals surface area contributed by atoms with Crippen LogP contribution in [0, 0.1) is 11.3 Å². The minimum Gasteiger partial charge on any atom is -0.457 e. The van der Waals surface area contributed by atoms with Gasteiger partial charge in [0.05, 0.1) is 22.2 Å². The Hall–Kier alpha value is -1.71. The first-order valence-corrected chi connectivity index (χ1v) is 6.63. The lowest BCUT2D eigenvalue weighted by Crippen LogP contribution is -2.18. The van der Waals surface area contributed by atoms with Crippen LogP contribution >= 0.6 is 23.2 Å². The number of hydrogen-bond donors (Lipinski definition) is 2. The van der Waals surface area contributed by atoms with Gasteiger partial charge in [-0.15, -0.1) is 0 Å². The van der Waals surface area contributed by atoms with Crippen LogP contribution in [-0.2, 0) is 6.61 Å². The Labute approximate surface area is 132 Å². The van der Waals surface area contributed by atoms with Gasteiger partial charge in [0.15, 0.2) is 0 Å². The monoisotopic (exact) mass is 320 g/mol. The topological polar surface area (TPSA) is 73.5 Å². The molecule has 0 aliphatic carbocycles. The lowest BCUT2D eigenvalue weighted by Gasteiger charge is -2.10. The largest absolute Gasteiger partial charge is 0.457 e. The molecule has 105 valence electrons. The fourth-order valence-electron chi connectivity index (χ4n) is 1.76. The average molecular weight is 321 g/mol. The number of aliphatic hydroxyl groups excluding tert-OH is 1. The summed E-state index contributed by atoms with van der Waals surface area (Å²) in [5, 5.41) is 27.5. The molecule has 2 aromatic rings. The van der Waals surface area contributed by atoms with Crippen LogP contribution in [-0.4, -0.2) is 17.6 Å². The minimum atomic E-state index is -0.238. The highest BCUT2D eigenvalue weighted by Gasteiger charge is 2.10. The molecule has 0 heterocycles. The molecule has 0 atom stereocenters. The van der Waals surface area contributed by atoms with Gasteiger partial charge in [0.25, 0.3) is 0 Å². The van der Waals surface area contributed by atoms with E-state index in [9.17, 15) is 5.11 Å². The van der Waals surface area contributed by atoms with Crippen LogP contribution < -0.4 is 10.2 Å². The number of aliphatic hydroxyl groups is 1. The van der Waals surface area contributed by atoms with Crippen molar-refractivity contribution in [2.24, 2.45) is 0 Å². The van der Waals surface area contributed by atoms with E-state index in [1.165, 1.54) is 12.1 Å². The zero-order valence-corrected chi connectivity index (χ0v) is 12.2. The van der Waals surface area contributed by atoms with Gasteiger partial charge < -0.3 is 14.9 Å². The highest BCUT2D eigenvalue weighted by Crippen LogP contribution is 2.32. The zero-order valence-electron chi connectivity index (χ0n) is 10.7. The Balaban J connectivity index is 2.33. The first-order chi connectivity index (χ1) is 10.1. The molecule has 4 nitrogen and oxygen atoms in total. The van der Waals surface area contributed by atoms with Crippen LogP contribution in [0.25, 0.3) is 0 Å². The number of ether oxygens (including phenoxy) is 1. The quantitative estimate of drug-likeness (QED) is 0.848. The van der Waals surface area contributed by atoms with Gasteiger partial charge in [-0.2, -0.15) is 5.26 Å². The van der Waals surface area contributed by atoms with Crippen molar-refractivity contribution in [1.82, 2.24) is 0 Å². The van der Waals surface area contributed by atoms with Gasteiger partial charge in [-0.25, -0.2) is 0 Å². The fraction of sp³-hybridized carbons (Fsp3) is 0.0714. The third-order valence-electron chi connectivity index (χ3n) is 2.79. The van der Waals surface area contributed by atoms with Crippen molar-refractivity contribution in [3.05, 3.63) is 51.5 Å². The molecule has 2 aromatic carbocycles. The van der Waals surface area contributed by atoms with Gasteiger partial charge in [0, 0.05) is 12.1 Å². The molecule has 0 amide bonds. The van der Waals surface area contributed by atoms with Gasteiger partial charge >= 0.3 is 7.48 Å². The summed E-state index contributed by atoms with van der Waals surface area (Å²) in [6.45, 7) is -0.238. The van der Waals surface area contributed by atoms with Gasteiger partial charge in [-0.3, -0.25) is 0 Å². The van der Waals surface area contributed by atoms with Crippen molar-refractivity contribution in [3.63, 3.8) is 0 Å². The summed E-state index contributed by atoms with van der Waals surface area (Å²) in [4.78, 5) is 0. The number of halogens is 2. The maximum atomic E-state index is 9.23. The molecule has 1 radical (unpaired) electrons. The summed E-state index contributed by atoms with van der Waals surface area (Å²) in [6.07, 6.45) is 0. The Kier molecular flexibility index (Phi) is 5.10. The van der Waals surface area contributed by atoms with Gasteiger partial charge in [0.2, 0.25) is 0 Å². The number of rotatable bonds is 4. The lowest BCUT2D eigenvalue weighted by molar-refractivity contribution is 0.282. The molecule has 0 aromatic heterocycles. The lowest BCUT2D eigenvalue weighted by atomic mass is 9.84. The van der Waals surface area contributed by atoms with Crippen LogP contribution in [0.1, 0.15) is 11.1 Å². The average Bonchev–Trinajstić information content (AvgIpc) is 2.46. The molecule has 0 unspecified atom stereocenters. The Morgan fingerprint density at radius 1 is 1.14 bits per heavy atom. The second kappa shape index (κ2) is 6.84. The standard InChI is InChI=1S/C14H9BCl2NO3/c16-13-4-10(5-14(17)11(13)6-18)21-9-1-2-12(15-20)8(3-9)7-19/h1-5,19-20H,7H2. The molecule has 2 rings (SSSR count). The predicted molar refractivity (Wildman–Crippen MR) is 81.2 cm³/mol. The smallest absolute Gasteiger partial charge is 0.327 e. The Morgan fingerprint density at radius 3 is 2.33 bits per heavy atom. The highest BCUT2D eigenvalue weighted by atomic mass is 35.5. The van der Waals surface area contributed by atoms with Gasteiger partial charge in [0.1, 0.15) is 17.6 Å². The fourth-order valence-corrected chi connectivity index (χ4v) is 2.31. The predicted octanol–water partition coefficient (Wildman–Crippen LogP) is 2.39. The van der Waals surface area contributed by atoms with Crippen molar-refractivity contribution in [2.75, 3.05) is 0 Å². The summed E-state index contributed by atoms with van der Waals surface area (Å²) in [7, 11) is 0.908. The maximum Gasteiger partial charge on any atom is 0.327 e. The van der Waals surface area contributed by atoms with Crippen molar-refractivity contribution >= 4 is 36.1 Å². The van der Waals surface area contributed by atoms with Crippen LogP contribution in [0.3, 0.4) is 0 Å². The maximum absolute atomic E-state index is 9.23. The minimum absolute atomic E-state index is 0.187. The molecule has 0 saturated carbocycles. The second-order valence-corrected chi connectivity index (χ2v) is 4.94. The highest BCUT2D eigenvalue weighted by molar-refractivity contribution is 6.46. The van der Waals surface area contributed by atoms with Crippen LogP contribution in [0.2, 0.25) is 10.0 Å². The van der Waals surface area contributed by atoms with Gasteiger partial charge in [-0.05, 0) is 23.2 Å². The molecule has 0 fully saturated rings. The van der Waals surface area contributed by atoms with E-state index < -0.39 is 0 Å². The number of nitrogens with zero attached hydrogens (tertiary/aromatic N) is 1. The zero-order chi connectivity index (χ0) is 15.4. The third kappa shape index (κ3) is 3.49. The molecule has 0 spiro atoms. The number of benzene rings is 2. The van der Waals surface area contributed by atoms with E-state index in [-0.39, 0.29) is 22.2 Å². The molecule has 2 N–H and O–H groups in total. The van der Waals surface area contributed by atoms with Gasteiger partial charge in [-0.1, -0.05) is 29.3 Å². The summed E-state index contributed by atoms with van der Waals surface area (Å²) >= 11 is 11.9. The molecule has 0 aliphatic heterocycles. The van der Waals surface area contributed by atoms with Crippen LogP contribution in [0.5, 0.6) is 11.5 Å².